The molecule has 0 nitrogen and oxygen atoms in total. The van der Waals surface area contributed by atoms with Crippen molar-refractivity contribution in [3.63, 3.8) is 0 Å². The van der Waals surface area contributed by atoms with Gasteiger partial charge in [-0.1, -0.05) is 78.1 Å². The minimum atomic E-state index is 1.26. The minimum Gasteiger partial charge on any atom is -0.143 e. The monoisotopic (exact) mass is 404 g/mol. The third kappa shape index (κ3) is 8.52. The predicted octanol–water partition coefficient (Wildman–Crippen LogP) is 9.59. The van der Waals surface area contributed by atoms with Gasteiger partial charge in [0.05, 0.1) is 0 Å². The lowest BCUT2D eigenvalue weighted by Gasteiger charge is -2.03. The lowest BCUT2D eigenvalue weighted by molar-refractivity contribution is 0.608. The molecule has 2 rings (SSSR count). The summed E-state index contributed by atoms with van der Waals surface area (Å²) < 4.78 is 0. The summed E-state index contributed by atoms with van der Waals surface area (Å²) in [6.07, 6.45) is 19.2. The van der Waals surface area contributed by atoms with Crippen molar-refractivity contribution >= 4 is 22.7 Å². The fourth-order valence-electron chi connectivity index (χ4n) is 3.79. The summed E-state index contributed by atoms with van der Waals surface area (Å²) >= 11 is 3.96. The first kappa shape index (κ1) is 22.7. The molecule has 0 saturated carbocycles. The second-order valence-electron chi connectivity index (χ2n) is 8.07. The van der Waals surface area contributed by atoms with Gasteiger partial charge in [0, 0.05) is 14.6 Å². The van der Waals surface area contributed by atoms with Crippen LogP contribution < -0.4 is 0 Å². The first-order chi connectivity index (χ1) is 13.2. The van der Waals surface area contributed by atoms with Gasteiger partial charge in [0.15, 0.2) is 0 Å². The van der Waals surface area contributed by atoms with Crippen molar-refractivity contribution in [3.05, 3.63) is 33.5 Å². The standard InChI is InChI=1S/C25H40S2/c1-4-6-8-10-12-14-16-22-19-24(26-20-22)25-23(18-21(3)27-25)17-15-13-11-9-7-5-2/h18-20H,4-17H2,1-3H3. The maximum Gasteiger partial charge on any atom is 0.0477 e. The third-order valence-electron chi connectivity index (χ3n) is 5.43. The van der Waals surface area contributed by atoms with Crippen LogP contribution >= 0.6 is 22.7 Å². The van der Waals surface area contributed by atoms with E-state index >= 15 is 0 Å². The van der Waals surface area contributed by atoms with E-state index in [2.05, 4.69) is 38.3 Å². The number of thiophene rings is 2. The summed E-state index contributed by atoms with van der Waals surface area (Å²) in [6.45, 7) is 6.85. The SMILES string of the molecule is CCCCCCCCc1csc(-c2sc(C)cc2CCCCCCCC)c1. The van der Waals surface area contributed by atoms with Gasteiger partial charge in [0.25, 0.3) is 0 Å². The molecule has 0 aliphatic rings. The van der Waals surface area contributed by atoms with Crippen LogP contribution in [0.25, 0.3) is 9.75 Å². The zero-order chi connectivity index (χ0) is 19.3. The molecule has 0 fully saturated rings. The Morgan fingerprint density at radius 1 is 0.704 bits per heavy atom. The van der Waals surface area contributed by atoms with Gasteiger partial charge in [0.2, 0.25) is 0 Å². The molecule has 27 heavy (non-hydrogen) atoms. The van der Waals surface area contributed by atoms with Crippen LogP contribution in [0.3, 0.4) is 0 Å². The second-order valence-corrected chi connectivity index (χ2v) is 10.2. The summed E-state index contributed by atoms with van der Waals surface area (Å²) in [5.74, 6) is 0. The van der Waals surface area contributed by atoms with Crippen molar-refractivity contribution in [2.45, 2.75) is 111 Å². The number of aryl methyl sites for hydroxylation is 3. The molecule has 2 aromatic heterocycles. The highest BCUT2D eigenvalue weighted by Gasteiger charge is 2.11. The Balaban J connectivity index is 1.80. The molecule has 0 spiro atoms. The molecule has 2 aromatic rings. The fourth-order valence-corrected chi connectivity index (χ4v) is 5.96. The summed E-state index contributed by atoms with van der Waals surface area (Å²) in [5.41, 5.74) is 3.16. The molecule has 0 unspecified atom stereocenters. The van der Waals surface area contributed by atoms with Crippen LogP contribution in [0.1, 0.15) is 107 Å². The van der Waals surface area contributed by atoms with Crippen molar-refractivity contribution < 1.29 is 0 Å². The Morgan fingerprint density at radius 2 is 1.30 bits per heavy atom. The van der Waals surface area contributed by atoms with E-state index in [0.717, 1.165) is 0 Å². The lowest BCUT2D eigenvalue weighted by atomic mass is 10.0. The van der Waals surface area contributed by atoms with Gasteiger partial charge >= 0.3 is 0 Å². The average molecular weight is 405 g/mol. The molecule has 0 amide bonds. The largest absolute Gasteiger partial charge is 0.143 e. The highest BCUT2D eigenvalue weighted by atomic mass is 32.1. The fraction of sp³-hybridized carbons (Fsp3) is 0.680. The molecule has 0 bridgehead atoms. The normalized spacial score (nSPS) is 11.4. The molecule has 0 aromatic carbocycles. The van der Waals surface area contributed by atoms with Crippen molar-refractivity contribution in [3.8, 4) is 9.75 Å². The van der Waals surface area contributed by atoms with Crippen molar-refractivity contribution in [1.82, 2.24) is 0 Å². The quantitative estimate of drug-likeness (QED) is 0.259. The summed E-state index contributed by atoms with van der Waals surface area (Å²) in [4.78, 5) is 4.53. The zero-order valence-electron chi connectivity index (χ0n) is 17.9. The van der Waals surface area contributed by atoms with Crippen molar-refractivity contribution in [2.75, 3.05) is 0 Å². The van der Waals surface area contributed by atoms with Crippen molar-refractivity contribution in [1.29, 1.82) is 0 Å². The van der Waals surface area contributed by atoms with Gasteiger partial charge in [-0.2, -0.15) is 0 Å². The molecule has 0 aliphatic carbocycles. The maximum absolute atomic E-state index is 2.48. The third-order valence-corrected chi connectivity index (χ3v) is 7.68. The van der Waals surface area contributed by atoms with Gasteiger partial charge in [-0.05, 0) is 61.2 Å². The molecule has 0 N–H and O–H groups in total. The van der Waals surface area contributed by atoms with Crippen LogP contribution in [0.5, 0.6) is 0 Å². The Bertz CT molecular complexity index is 620. The first-order valence-electron chi connectivity index (χ1n) is 11.4. The van der Waals surface area contributed by atoms with E-state index in [-0.39, 0.29) is 0 Å². The van der Waals surface area contributed by atoms with E-state index in [9.17, 15) is 0 Å². The van der Waals surface area contributed by atoms with E-state index < -0.39 is 0 Å². The summed E-state index contributed by atoms with van der Waals surface area (Å²) in [5, 5.41) is 2.41. The Hall–Kier alpha value is -0.600. The van der Waals surface area contributed by atoms with E-state index in [1.165, 1.54) is 99.6 Å². The molecule has 2 heterocycles. The molecule has 2 heteroatoms. The van der Waals surface area contributed by atoms with Gasteiger partial charge in [-0.15, -0.1) is 22.7 Å². The summed E-state index contributed by atoms with van der Waals surface area (Å²) in [7, 11) is 0. The van der Waals surface area contributed by atoms with Crippen molar-refractivity contribution in [2.24, 2.45) is 0 Å². The average Bonchev–Trinajstić information content (AvgIpc) is 3.27. The van der Waals surface area contributed by atoms with E-state index in [1.54, 1.807) is 16.0 Å². The number of rotatable bonds is 15. The highest BCUT2D eigenvalue weighted by molar-refractivity contribution is 7.21. The van der Waals surface area contributed by atoms with Crippen LogP contribution in [-0.4, -0.2) is 0 Å². The molecular weight excluding hydrogens is 364 g/mol. The van der Waals surface area contributed by atoms with Crippen LogP contribution in [0.4, 0.5) is 0 Å². The van der Waals surface area contributed by atoms with Gasteiger partial charge < -0.3 is 0 Å². The van der Waals surface area contributed by atoms with Crippen LogP contribution in [0.2, 0.25) is 0 Å². The Labute approximate surface area is 176 Å². The minimum absolute atomic E-state index is 1.26. The Morgan fingerprint density at radius 3 is 1.96 bits per heavy atom. The zero-order valence-corrected chi connectivity index (χ0v) is 19.6. The van der Waals surface area contributed by atoms with Gasteiger partial charge in [-0.3, -0.25) is 0 Å². The second kappa shape index (κ2) is 13.6. The smallest absolute Gasteiger partial charge is 0.0477 e. The molecule has 0 saturated heterocycles. The summed E-state index contributed by atoms with van der Waals surface area (Å²) in [6, 6.07) is 4.92. The molecule has 152 valence electrons. The molecular formula is C25H40S2. The molecule has 0 radical (unpaired) electrons. The predicted molar refractivity (Wildman–Crippen MR) is 127 cm³/mol. The molecule has 0 aliphatic heterocycles. The topological polar surface area (TPSA) is 0 Å². The highest BCUT2D eigenvalue weighted by Crippen LogP contribution is 2.37. The first-order valence-corrected chi connectivity index (χ1v) is 13.1. The number of unbranched alkanes of at least 4 members (excludes halogenated alkanes) is 10. The number of hydrogen-bond acceptors (Lipinski definition) is 2. The Kier molecular flexibility index (Phi) is 11.4. The van der Waals surface area contributed by atoms with Crippen LogP contribution in [-0.2, 0) is 12.8 Å². The van der Waals surface area contributed by atoms with E-state index in [0.29, 0.717) is 0 Å². The van der Waals surface area contributed by atoms with Gasteiger partial charge in [-0.25, -0.2) is 0 Å². The number of hydrogen-bond donors (Lipinski definition) is 0. The van der Waals surface area contributed by atoms with Crippen LogP contribution in [0, 0.1) is 6.92 Å². The van der Waals surface area contributed by atoms with Gasteiger partial charge in [0.1, 0.15) is 0 Å². The van der Waals surface area contributed by atoms with Crippen LogP contribution in [0.15, 0.2) is 17.5 Å². The lowest BCUT2D eigenvalue weighted by Crippen LogP contribution is -1.86. The van der Waals surface area contributed by atoms with E-state index in [4.69, 9.17) is 0 Å². The van der Waals surface area contributed by atoms with E-state index in [1.807, 2.05) is 22.7 Å². The molecule has 0 atom stereocenters. The maximum atomic E-state index is 2.48.